The molecular formula is C34H47N7O10S2. The van der Waals surface area contributed by atoms with Gasteiger partial charge in [0.2, 0.25) is 17.6 Å². The molecule has 1 aromatic carbocycles. The third-order valence-corrected chi connectivity index (χ3v) is 13.3. The van der Waals surface area contributed by atoms with Gasteiger partial charge in [-0.3, -0.25) is 24.0 Å². The van der Waals surface area contributed by atoms with Gasteiger partial charge in [-0.1, -0.05) is 37.3 Å². The molecule has 3 heterocycles. The largest absolute Gasteiger partial charge is 0.384 e. The number of nitrogens with one attached hydrogen (secondary N) is 2. The monoisotopic (exact) mass is 777 g/mol. The van der Waals surface area contributed by atoms with Gasteiger partial charge < -0.3 is 26.4 Å². The molecule has 0 radical (unpaired) electrons. The van der Waals surface area contributed by atoms with Crippen LogP contribution in [-0.2, 0) is 44.5 Å². The number of benzene rings is 1. The highest BCUT2D eigenvalue weighted by molar-refractivity contribution is 7.91. The zero-order valence-electron chi connectivity index (χ0n) is 30.0. The van der Waals surface area contributed by atoms with Crippen molar-refractivity contribution in [3.8, 4) is 0 Å². The summed E-state index contributed by atoms with van der Waals surface area (Å²) in [5, 5.41) is 24.4. The van der Waals surface area contributed by atoms with E-state index in [2.05, 4.69) is 20.9 Å². The van der Waals surface area contributed by atoms with E-state index in [0.717, 1.165) is 38.4 Å². The van der Waals surface area contributed by atoms with Crippen molar-refractivity contribution in [2.24, 2.45) is 11.7 Å². The maximum Gasteiger partial charge on any atom is 0.287 e. The van der Waals surface area contributed by atoms with Crippen LogP contribution in [0.1, 0.15) is 93.7 Å². The van der Waals surface area contributed by atoms with Gasteiger partial charge in [0.15, 0.2) is 19.7 Å². The first-order valence-corrected chi connectivity index (χ1v) is 21.3. The number of ketones is 1. The first kappa shape index (κ1) is 40.0. The summed E-state index contributed by atoms with van der Waals surface area (Å²) in [5.74, 6) is -5.45. The average molecular weight is 778 g/mol. The van der Waals surface area contributed by atoms with Crippen molar-refractivity contribution >= 4 is 49.1 Å². The Labute approximate surface area is 308 Å². The van der Waals surface area contributed by atoms with Gasteiger partial charge in [0.05, 0.1) is 34.3 Å². The number of aromatic nitrogens is 3. The third-order valence-electron chi connectivity index (χ3n) is 10.6. The number of likely N-dealkylation sites (tertiary alicyclic amines) is 1. The lowest BCUT2D eigenvalue weighted by Gasteiger charge is -2.37. The van der Waals surface area contributed by atoms with E-state index in [1.165, 1.54) is 53.9 Å². The molecule has 53 heavy (non-hydrogen) atoms. The van der Waals surface area contributed by atoms with Gasteiger partial charge in [-0.15, -0.1) is 5.10 Å². The number of aliphatic hydroxyl groups is 1. The molecular weight excluding hydrogens is 731 g/mol. The van der Waals surface area contributed by atoms with Crippen LogP contribution in [-0.4, -0.2) is 113 Å². The number of amides is 4. The zero-order valence-corrected chi connectivity index (χ0v) is 31.6. The van der Waals surface area contributed by atoms with Crippen LogP contribution in [0, 0.1) is 5.92 Å². The van der Waals surface area contributed by atoms with Crippen molar-refractivity contribution in [1.29, 1.82) is 0 Å². The zero-order chi connectivity index (χ0) is 38.9. The summed E-state index contributed by atoms with van der Waals surface area (Å²) < 4.78 is 50.0. The van der Waals surface area contributed by atoms with Crippen molar-refractivity contribution in [2.75, 3.05) is 24.3 Å². The molecule has 0 spiro atoms. The van der Waals surface area contributed by atoms with Crippen molar-refractivity contribution in [3.05, 3.63) is 41.7 Å². The lowest BCUT2D eigenvalue weighted by Crippen LogP contribution is -2.64. The van der Waals surface area contributed by atoms with Gasteiger partial charge in [0, 0.05) is 24.8 Å². The molecule has 1 aliphatic carbocycles. The molecule has 17 nitrogen and oxygen atoms in total. The van der Waals surface area contributed by atoms with Crippen LogP contribution in [0.25, 0.3) is 0 Å². The third kappa shape index (κ3) is 9.12. The molecule has 1 saturated carbocycles. The predicted molar refractivity (Wildman–Crippen MR) is 189 cm³/mol. The normalized spacial score (nSPS) is 22.5. The number of carbonyl (C=O) groups is 5. The molecule has 3 fully saturated rings. The Morgan fingerprint density at radius 3 is 2.25 bits per heavy atom. The number of hydrogen-bond donors (Lipinski definition) is 4. The molecule has 2 aromatic rings. The van der Waals surface area contributed by atoms with E-state index < -0.39 is 103 Å². The summed E-state index contributed by atoms with van der Waals surface area (Å²) in [6.45, 7) is 2.94. The van der Waals surface area contributed by atoms with Crippen molar-refractivity contribution in [2.45, 2.75) is 106 Å². The summed E-state index contributed by atoms with van der Waals surface area (Å²) in [5.41, 5.74) is 2.45. The van der Waals surface area contributed by atoms with Crippen molar-refractivity contribution in [3.63, 3.8) is 0 Å². The van der Waals surface area contributed by atoms with Crippen LogP contribution >= 0.6 is 0 Å². The Morgan fingerprint density at radius 1 is 1.06 bits per heavy atom. The summed E-state index contributed by atoms with van der Waals surface area (Å²) in [6, 6.07) is 2.17. The maximum absolute atomic E-state index is 14.7. The molecule has 5 N–H and O–H groups in total. The number of nitrogens with two attached hydrogens (primary N) is 1. The highest BCUT2D eigenvalue weighted by atomic mass is 32.2. The minimum Gasteiger partial charge on any atom is -0.384 e. The summed E-state index contributed by atoms with van der Waals surface area (Å²) in [4.78, 5) is 69.2. The van der Waals surface area contributed by atoms with Crippen LogP contribution in [0.15, 0.2) is 35.4 Å². The van der Waals surface area contributed by atoms with Crippen molar-refractivity contribution in [1.82, 2.24) is 30.5 Å². The maximum atomic E-state index is 14.7. The summed E-state index contributed by atoms with van der Waals surface area (Å²) >= 11 is 0. The van der Waals surface area contributed by atoms with E-state index in [9.17, 15) is 45.9 Å². The van der Waals surface area contributed by atoms with Gasteiger partial charge in [0.25, 0.3) is 11.8 Å². The Bertz CT molecular complexity index is 1950. The molecule has 4 amide bonds. The average Bonchev–Trinajstić information content (AvgIpc) is 3.77. The number of hydrogen-bond acceptors (Lipinski definition) is 12. The quantitative estimate of drug-likeness (QED) is 0.207. The SMILES string of the molecule is CC(C)(O)c1cnnn1[C@H]1C[C@@H](C(=O)NC2(C(=O)C(N)=O)CCS(=O)(=O)CC2)N(C(=O)[C@@H](CC2CCCCC2)NC(=O)c2ccc(S(C)(=O)=O)cc2)C1. The van der Waals surface area contributed by atoms with E-state index in [1.807, 2.05) is 0 Å². The number of carbonyl (C=O) groups excluding carboxylic acids is 5. The first-order valence-electron chi connectivity index (χ1n) is 17.6. The molecule has 290 valence electrons. The first-order chi connectivity index (χ1) is 24.7. The fourth-order valence-corrected chi connectivity index (χ4v) is 9.71. The molecule has 1 aromatic heterocycles. The molecule has 2 aliphatic heterocycles. The van der Waals surface area contributed by atoms with E-state index in [1.54, 1.807) is 0 Å². The number of primary amides is 1. The van der Waals surface area contributed by atoms with Crippen LogP contribution in [0.3, 0.4) is 0 Å². The summed E-state index contributed by atoms with van der Waals surface area (Å²) in [7, 11) is -7.08. The van der Waals surface area contributed by atoms with Gasteiger partial charge in [0.1, 0.15) is 23.2 Å². The Balaban J connectivity index is 1.50. The Hall–Kier alpha value is -4.23. The minimum atomic E-state index is -3.55. The van der Waals surface area contributed by atoms with Crippen LogP contribution in [0.4, 0.5) is 0 Å². The van der Waals surface area contributed by atoms with Crippen LogP contribution < -0.4 is 16.4 Å². The Morgan fingerprint density at radius 2 is 1.68 bits per heavy atom. The smallest absolute Gasteiger partial charge is 0.287 e. The van der Waals surface area contributed by atoms with Gasteiger partial charge in [-0.2, -0.15) is 0 Å². The molecule has 3 atom stereocenters. The van der Waals surface area contributed by atoms with Gasteiger partial charge in [-0.25, -0.2) is 21.5 Å². The van der Waals surface area contributed by atoms with E-state index in [-0.39, 0.29) is 35.8 Å². The molecule has 5 rings (SSSR count). The number of rotatable bonds is 12. The highest BCUT2D eigenvalue weighted by Gasteiger charge is 2.50. The molecule has 19 heteroatoms. The van der Waals surface area contributed by atoms with Crippen LogP contribution in [0.2, 0.25) is 0 Å². The molecule has 0 unspecified atom stereocenters. The fourth-order valence-electron chi connectivity index (χ4n) is 7.56. The number of Topliss-reactive ketones (excluding diaryl/α,β-unsaturated/α-hetero) is 1. The van der Waals surface area contributed by atoms with E-state index in [0.29, 0.717) is 5.69 Å². The van der Waals surface area contributed by atoms with E-state index >= 15 is 0 Å². The molecule has 3 aliphatic rings. The molecule has 2 saturated heterocycles. The topological polar surface area (TPSA) is 258 Å². The fraction of sp³-hybridized carbons (Fsp3) is 0.618. The predicted octanol–water partition coefficient (Wildman–Crippen LogP) is -0.0620. The minimum absolute atomic E-state index is 0.0162. The van der Waals surface area contributed by atoms with Gasteiger partial charge >= 0.3 is 0 Å². The summed E-state index contributed by atoms with van der Waals surface area (Å²) in [6.07, 6.45) is 6.39. The second-order valence-corrected chi connectivity index (χ2v) is 19.3. The lowest BCUT2D eigenvalue weighted by molar-refractivity contribution is -0.145. The highest BCUT2D eigenvalue weighted by Crippen LogP contribution is 2.35. The second-order valence-electron chi connectivity index (χ2n) is 15.0. The van der Waals surface area contributed by atoms with Crippen LogP contribution in [0.5, 0.6) is 0 Å². The van der Waals surface area contributed by atoms with E-state index in [4.69, 9.17) is 5.73 Å². The standard InChI is InChI=1S/C34H47N7O10S2/c1-33(2,47)27-19-36-39-41(27)23-18-26(31(45)38-34(28(42)29(35)43)13-15-53(50,51)16-14-34)40(20-23)32(46)25(17-21-7-5-4-6-8-21)37-30(44)22-9-11-24(12-10-22)52(3,48)49/h9-12,19,21,23,25-26,47H,4-8,13-18,20H2,1-3H3,(H2,35,43)(H,37,44)(H,38,45)/t23-,25+,26-/m0/s1. The Kier molecular flexibility index (Phi) is 11.5. The van der Waals surface area contributed by atoms with Crippen molar-refractivity contribution < 1.29 is 45.9 Å². The van der Waals surface area contributed by atoms with Gasteiger partial charge in [-0.05, 0) is 63.3 Å². The lowest BCUT2D eigenvalue weighted by atomic mass is 9.84. The number of nitrogens with zero attached hydrogens (tertiary/aromatic N) is 4. The second kappa shape index (κ2) is 15.3. The number of sulfone groups is 2. The molecule has 0 bridgehead atoms.